The van der Waals surface area contributed by atoms with Gasteiger partial charge in [-0.2, -0.15) is 5.26 Å². The van der Waals surface area contributed by atoms with Crippen molar-refractivity contribution in [1.29, 1.82) is 5.26 Å². The van der Waals surface area contributed by atoms with E-state index in [1.165, 1.54) is 34.7 Å². The summed E-state index contributed by atoms with van der Waals surface area (Å²) in [7, 11) is 0. The molecule has 1 aromatic carbocycles. The molecule has 0 unspecified atom stereocenters. The first-order valence-corrected chi connectivity index (χ1v) is 8.40. The highest BCUT2D eigenvalue weighted by molar-refractivity contribution is 5.93. The third-order valence-corrected chi connectivity index (χ3v) is 3.93. The smallest absolute Gasteiger partial charge is 0.338 e. The van der Waals surface area contributed by atoms with Crippen molar-refractivity contribution < 1.29 is 14.3 Å². The minimum Gasteiger partial charge on any atom is -0.456 e. The minimum atomic E-state index is -0.582. The summed E-state index contributed by atoms with van der Waals surface area (Å²) in [5, 5.41) is 11.0. The molecule has 0 spiro atoms. The van der Waals surface area contributed by atoms with E-state index in [0.717, 1.165) is 5.56 Å². The predicted octanol–water partition coefficient (Wildman–Crippen LogP) is 2.21. The molecule has 0 saturated heterocycles. The average Bonchev–Trinajstić information content (AvgIpc) is 2.68. The maximum atomic E-state index is 12.2. The van der Waals surface area contributed by atoms with E-state index in [0.29, 0.717) is 17.0 Å². The highest BCUT2D eigenvalue weighted by Crippen LogP contribution is 2.12. The molecule has 3 aromatic rings. The number of hydrogen-bond donors (Lipinski definition) is 1. The Morgan fingerprint density at radius 2 is 2.00 bits per heavy atom. The number of nitriles is 1. The lowest BCUT2D eigenvalue weighted by Gasteiger charge is -2.08. The number of rotatable bonds is 5. The standard InChI is InChI=1S/C20H16N4O4/c1-13-3-2-10-24-18(26)11-16(23-19(13)24)12-28-20(27)14-4-6-15(7-5-14)22-17(25)8-9-21/h2-7,10-11H,8,12H2,1H3,(H,22,25). The number of nitrogens with one attached hydrogen (secondary N) is 1. The number of anilines is 1. The van der Waals surface area contributed by atoms with Crippen molar-refractivity contribution in [3.05, 3.63) is 75.8 Å². The summed E-state index contributed by atoms with van der Waals surface area (Å²) in [5.74, 6) is -1.01. The van der Waals surface area contributed by atoms with Gasteiger partial charge < -0.3 is 10.1 Å². The van der Waals surface area contributed by atoms with Crippen molar-refractivity contribution in [3.63, 3.8) is 0 Å². The molecule has 8 heteroatoms. The average molecular weight is 376 g/mol. The number of aryl methyl sites for hydroxylation is 1. The fourth-order valence-electron chi connectivity index (χ4n) is 2.57. The molecule has 0 aliphatic rings. The van der Waals surface area contributed by atoms with Gasteiger partial charge in [0.2, 0.25) is 5.91 Å². The van der Waals surface area contributed by atoms with Gasteiger partial charge in [-0.25, -0.2) is 9.78 Å². The van der Waals surface area contributed by atoms with Crippen LogP contribution in [0.1, 0.15) is 28.0 Å². The molecule has 0 saturated carbocycles. The number of fused-ring (bicyclic) bond motifs is 1. The Hall–Kier alpha value is -3.99. The Morgan fingerprint density at radius 3 is 2.71 bits per heavy atom. The van der Waals surface area contributed by atoms with Crippen LogP contribution in [0.4, 0.5) is 5.69 Å². The lowest BCUT2D eigenvalue weighted by atomic mass is 10.2. The van der Waals surface area contributed by atoms with Gasteiger partial charge in [0, 0.05) is 18.0 Å². The van der Waals surface area contributed by atoms with E-state index in [1.807, 2.05) is 13.0 Å². The first-order valence-electron chi connectivity index (χ1n) is 8.40. The van der Waals surface area contributed by atoms with Crippen molar-refractivity contribution in [2.75, 3.05) is 5.32 Å². The molecular weight excluding hydrogens is 360 g/mol. The third-order valence-electron chi connectivity index (χ3n) is 3.93. The molecule has 0 atom stereocenters. The maximum Gasteiger partial charge on any atom is 0.338 e. The molecule has 2 aromatic heterocycles. The van der Waals surface area contributed by atoms with E-state index in [1.54, 1.807) is 18.3 Å². The summed E-state index contributed by atoms with van der Waals surface area (Å²) in [6.07, 6.45) is 1.38. The van der Waals surface area contributed by atoms with Gasteiger partial charge in [-0.1, -0.05) is 6.07 Å². The minimum absolute atomic E-state index is 0.139. The van der Waals surface area contributed by atoms with Gasteiger partial charge in [-0.3, -0.25) is 14.0 Å². The van der Waals surface area contributed by atoms with Crippen molar-refractivity contribution in [1.82, 2.24) is 9.38 Å². The number of carbonyl (C=O) groups is 2. The van der Waals surface area contributed by atoms with E-state index in [-0.39, 0.29) is 24.2 Å². The van der Waals surface area contributed by atoms with E-state index in [4.69, 9.17) is 10.00 Å². The Labute approximate surface area is 160 Å². The molecule has 28 heavy (non-hydrogen) atoms. The molecule has 3 rings (SSSR count). The molecule has 2 heterocycles. The fourth-order valence-corrected chi connectivity index (χ4v) is 2.57. The van der Waals surface area contributed by atoms with Gasteiger partial charge in [0.25, 0.3) is 5.56 Å². The Morgan fingerprint density at radius 1 is 1.25 bits per heavy atom. The summed E-state index contributed by atoms with van der Waals surface area (Å²) >= 11 is 0. The Bertz CT molecular complexity index is 1140. The molecule has 140 valence electrons. The van der Waals surface area contributed by atoms with Crippen LogP contribution in [0.15, 0.2) is 53.5 Å². The van der Waals surface area contributed by atoms with Gasteiger partial charge in [-0.15, -0.1) is 0 Å². The molecule has 0 fully saturated rings. The van der Waals surface area contributed by atoms with Crippen molar-refractivity contribution in [2.24, 2.45) is 0 Å². The monoisotopic (exact) mass is 376 g/mol. The van der Waals surface area contributed by atoms with Crippen LogP contribution in [0.5, 0.6) is 0 Å². The zero-order valence-electron chi connectivity index (χ0n) is 15.0. The van der Waals surface area contributed by atoms with Crippen molar-refractivity contribution in [2.45, 2.75) is 20.0 Å². The highest BCUT2D eigenvalue weighted by atomic mass is 16.5. The second-order valence-corrected chi connectivity index (χ2v) is 6.01. The van der Waals surface area contributed by atoms with Crippen LogP contribution in [0.25, 0.3) is 5.65 Å². The maximum absolute atomic E-state index is 12.2. The van der Waals surface area contributed by atoms with Crippen LogP contribution in [0.3, 0.4) is 0 Å². The summed E-state index contributed by atoms with van der Waals surface area (Å²) in [6, 6.07) is 12.8. The van der Waals surface area contributed by atoms with Gasteiger partial charge in [0.1, 0.15) is 18.7 Å². The molecule has 1 N–H and O–H groups in total. The zero-order valence-corrected chi connectivity index (χ0v) is 15.0. The van der Waals surface area contributed by atoms with Gasteiger partial charge in [0.05, 0.1) is 17.3 Å². The van der Waals surface area contributed by atoms with Gasteiger partial charge in [-0.05, 0) is 42.8 Å². The second kappa shape index (κ2) is 8.14. The number of nitrogens with zero attached hydrogens (tertiary/aromatic N) is 3. The topological polar surface area (TPSA) is 114 Å². The number of amides is 1. The number of ether oxygens (including phenoxy) is 1. The molecule has 1 amide bonds. The van der Waals surface area contributed by atoms with Crippen LogP contribution < -0.4 is 10.9 Å². The molecule has 0 bridgehead atoms. The number of aromatic nitrogens is 2. The molecule has 0 radical (unpaired) electrons. The summed E-state index contributed by atoms with van der Waals surface area (Å²) < 4.78 is 6.67. The molecule has 8 nitrogen and oxygen atoms in total. The van der Waals surface area contributed by atoms with Crippen LogP contribution in [-0.4, -0.2) is 21.3 Å². The van der Waals surface area contributed by atoms with Crippen LogP contribution >= 0.6 is 0 Å². The van der Waals surface area contributed by atoms with Crippen molar-refractivity contribution in [3.8, 4) is 6.07 Å². The quantitative estimate of drug-likeness (QED) is 0.683. The first-order chi connectivity index (χ1) is 13.5. The third kappa shape index (κ3) is 4.22. The van der Waals surface area contributed by atoms with E-state index < -0.39 is 11.9 Å². The lowest BCUT2D eigenvalue weighted by Crippen LogP contribution is -2.17. The SMILES string of the molecule is Cc1cccn2c(=O)cc(COC(=O)c3ccc(NC(=O)CC#N)cc3)nc12. The van der Waals surface area contributed by atoms with Crippen LogP contribution in [-0.2, 0) is 16.1 Å². The number of hydrogen-bond acceptors (Lipinski definition) is 6. The molecule has 0 aliphatic heterocycles. The normalized spacial score (nSPS) is 10.3. The van der Waals surface area contributed by atoms with Crippen molar-refractivity contribution >= 4 is 23.2 Å². The van der Waals surface area contributed by atoms with E-state index >= 15 is 0 Å². The van der Waals surface area contributed by atoms with E-state index in [9.17, 15) is 14.4 Å². The first kappa shape index (κ1) is 18.8. The summed E-state index contributed by atoms with van der Waals surface area (Å²) in [4.78, 5) is 40.1. The molecular formula is C20H16N4O4. The predicted molar refractivity (Wildman–Crippen MR) is 101 cm³/mol. The van der Waals surface area contributed by atoms with E-state index in [2.05, 4.69) is 10.3 Å². The summed E-state index contributed by atoms with van der Waals surface area (Å²) in [6.45, 7) is 1.70. The van der Waals surface area contributed by atoms with Crippen LogP contribution in [0.2, 0.25) is 0 Å². The number of carbonyl (C=O) groups excluding carboxylic acids is 2. The Kier molecular flexibility index (Phi) is 5.46. The number of pyridine rings is 1. The van der Waals surface area contributed by atoms with Gasteiger partial charge >= 0.3 is 5.97 Å². The van der Waals surface area contributed by atoms with Gasteiger partial charge in [0.15, 0.2) is 0 Å². The largest absolute Gasteiger partial charge is 0.456 e. The lowest BCUT2D eigenvalue weighted by molar-refractivity contribution is -0.115. The number of benzene rings is 1. The Balaban J connectivity index is 1.68. The summed E-state index contributed by atoms with van der Waals surface area (Å²) in [5.41, 5.74) is 2.20. The second-order valence-electron chi connectivity index (χ2n) is 6.01. The zero-order chi connectivity index (χ0) is 20.1. The van der Waals surface area contributed by atoms with Crippen LogP contribution in [0, 0.1) is 18.3 Å². The molecule has 0 aliphatic carbocycles. The highest BCUT2D eigenvalue weighted by Gasteiger charge is 2.10. The fraction of sp³-hybridized carbons (Fsp3) is 0.150. The number of esters is 1.